The molecule has 0 fully saturated rings. The molecule has 5 N–H and O–H groups in total. The number of hydrogen-bond donors (Lipinski definition) is 4. The van der Waals surface area contributed by atoms with Crippen molar-refractivity contribution in [3.05, 3.63) is 35.4 Å². The lowest BCUT2D eigenvalue weighted by Crippen LogP contribution is -2.25. The van der Waals surface area contributed by atoms with Crippen LogP contribution in [0.15, 0.2) is 24.3 Å². The van der Waals surface area contributed by atoms with Gasteiger partial charge in [0.1, 0.15) is 0 Å². The van der Waals surface area contributed by atoms with Crippen LogP contribution in [0.2, 0.25) is 0 Å². The van der Waals surface area contributed by atoms with Crippen molar-refractivity contribution in [2.45, 2.75) is 77.2 Å². The van der Waals surface area contributed by atoms with E-state index in [0.717, 1.165) is 18.4 Å². The molecule has 0 aromatic heterocycles. The molecule has 0 aliphatic carbocycles. The van der Waals surface area contributed by atoms with Gasteiger partial charge < -0.3 is 5.73 Å². The summed E-state index contributed by atoms with van der Waals surface area (Å²) >= 11 is 0. The molecule has 0 heterocycles. The van der Waals surface area contributed by atoms with E-state index in [2.05, 4.69) is 31.2 Å². The quantitative estimate of drug-likeness (QED) is 0.314. The van der Waals surface area contributed by atoms with Gasteiger partial charge in [0.05, 0.1) is 6.42 Å². The number of unbranched alkanes of at least 4 members (excludes halogenated alkanes) is 5. The van der Waals surface area contributed by atoms with Crippen LogP contribution in [0.5, 0.6) is 0 Å². The molecule has 0 spiro atoms. The van der Waals surface area contributed by atoms with E-state index in [9.17, 15) is 4.79 Å². The van der Waals surface area contributed by atoms with Crippen molar-refractivity contribution in [1.82, 2.24) is 0 Å². The van der Waals surface area contributed by atoms with Crippen LogP contribution in [0.1, 0.15) is 69.4 Å². The summed E-state index contributed by atoms with van der Waals surface area (Å²) in [5.74, 6) is 0. The van der Waals surface area contributed by atoms with Gasteiger partial charge in [-0.25, -0.2) is 4.79 Å². The summed E-state index contributed by atoms with van der Waals surface area (Å²) in [5.41, 5.74) is 7.35. The average molecular weight is 370 g/mol. The Hall–Kier alpha value is -0.840. The first-order valence-corrected chi connectivity index (χ1v) is 10.9. The molecule has 0 radical (unpaired) electrons. The van der Waals surface area contributed by atoms with Gasteiger partial charge in [0, 0.05) is 6.04 Å². The second-order valence-electron chi connectivity index (χ2n) is 6.80. The van der Waals surface area contributed by atoms with E-state index < -0.39 is 19.5 Å². The molecule has 0 amide bonds. The molecule has 0 aliphatic heterocycles. The van der Waals surface area contributed by atoms with Crippen molar-refractivity contribution in [3.63, 3.8) is 0 Å². The fourth-order valence-electron chi connectivity index (χ4n) is 2.78. The summed E-state index contributed by atoms with van der Waals surface area (Å²) in [6.45, 7) is 2.23. The third kappa shape index (κ3) is 10.0. The molecule has 6 heteroatoms. The molecule has 25 heavy (non-hydrogen) atoms. The van der Waals surface area contributed by atoms with Gasteiger partial charge in [-0.3, -0.25) is 0 Å². The van der Waals surface area contributed by atoms with Gasteiger partial charge in [-0.05, 0) is 36.8 Å². The minimum Gasteiger partial charge on any atom is -0.327 e. The Kier molecular flexibility index (Phi) is 10.4. The van der Waals surface area contributed by atoms with E-state index in [4.69, 9.17) is 20.4 Å². The molecule has 0 aliphatic rings. The zero-order valence-electron chi connectivity index (χ0n) is 15.2. The van der Waals surface area contributed by atoms with E-state index in [-0.39, 0.29) is 6.42 Å². The van der Waals surface area contributed by atoms with Crippen LogP contribution in [-0.4, -0.2) is 26.2 Å². The van der Waals surface area contributed by atoms with E-state index in [0.29, 0.717) is 6.42 Å². The van der Waals surface area contributed by atoms with Crippen LogP contribution in [0.25, 0.3) is 0 Å². The number of carbonyl (C=O) groups is 1. The molecule has 1 aromatic carbocycles. The summed E-state index contributed by atoms with van der Waals surface area (Å²) in [6.07, 6.45) is 9.96. The maximum absolute atomic E-state index is 11.3. The molecule has 1 rings (SSSR count). The Morgan fingerprint density at radius 1 is 0.960 bits per heavy atom. The standard InChI is InChI=1S/C19H33NO4P/c1-2-3-4-5-6-7-8-16-9-11-17(12-10-16)13-14-18(20)15-19(21)25(22,23)24/h9-12,18,22-24H,2-8,13-15,20H2,1H3/q+1. The van der Waals surface area contributed by atoms with Gasteiger partial charge in [-0.1, -0.05) is 63.3 Å². The van der Waals surface area contributed by atoms with Gasteiger partial charge in [0.25, 0.3) is 0 Å². The Bertz CT molecular complexity index is 499. The number of nitrogens with two attached hydrogens (primary N) is 1. The highest BCUT2D eigenvalue weighted by atomic mass is 31.2. The van der Waals surface area contributed by atoms with Gasteiger partial charge >= 0.3 is 13.5 Å². The van der Waals surface area contributed by atoms with Gasteiger partial charge in [-0.15, -0.1) is 0 Å². The molecule has 1 atom stereocenters. The monoisotopic (exact) mass is 370 g/mol. The summed E-state index contributed by atoms with van der Waals surface area (Å²) in [4.78, 5) is 38.0. The van der Waals surface area contributed by atoms with Crippen LogP contribution >= 0.6 is 7.94 Å². The van der Waals surface area contributed by atoms with Gasteiger partial charge in [0.15, 0.2) is 0 Å². The lowest BCUT2D eigenvalue weighted by molar-refractivity contribution is -0.114. The lowest BCUT2D eigenvalue weighted by Gasteiger charge is -2.11. The Labute approximate surface area is 151 Å². The summed E-state index contributed by atoms with van der Waals surface area (Å²) < 4.78 is 0. The SMILES string of the molecule is CCCCCCCCc1ccc(CCC(N)CC(=O)[P+](O)(O)O)cc1. The third-order valence-corrected chi connectivity index (χ3v) is 5.27. The number of rotatable bonds is 13. The van der Waals surface area contributed by atoms with E-state index in [1.807, 2.05) is 0 Å². The van der Waals surface area contributed by atoms with Crippen molar-refractivity contribution in [2.75, 3.05) is 0 Å². The number of hydrogen-bond acceptors (Lipinski definition) is 5. The molecular weight excluding hydrogens is 337 g/mol. The van der Waals surface area contributed by atoms with E-state index >= 15 is 0 Å². The van der Waals surface area contributed by atoms with Gasteiger partial charge in [0.2, 0.25) is 0 Å². The fourth-order valence-corrected chi connectivity index (χ4v) is 3.26. The van der Waals surface area contributed by atoms with Crippen molar-refractivity contribution in [1.29, 1.82) is 0 Å². The Balaban J connectivity index is 2.26. The second kappa shape index (κ2) is 11.7. The van der Waals surface area contributed by atoms with Crippen LogP contribution in [0.4, 0.5) is 0 Å². The molecule has 1 unspecified atom stereocenters. The smallest absolute Gasteiger partial charge is 0.327 e. The maximum atomic E-state index is 11.3. The van der Waals surface area contributed by atoms with Crippen molar-refractivity contribution in [3.8, 4) is 0 Å². The number of aryl methyl sites for hydroxylation is 2. The molecule has 0 saturated carbocycles. The predicted molar refractivity (Wildman–Crippen MR) is 103 cm³/mol. The molecular formula is C19H33NO4P+. The third-order valence-electron chi connectivity index (χ3n) is 4.42. The average Bonchev–Trinajstić information content (AvgIpc) is 2.56. The first-order chi connectivity index (χ1) is 11.8. The van der Waals surface area contributed by atoms with Crippen LogP contribution in [0, 0.1) is 0 Å². The fraction of sp³-hybridized carbons (Fsp3) is 0.632. The summed E-state index contributed by atoms with van der Waals surface area (Å²) in [7, 11) is -4.40. The molecule has 1 aromatic rings. The van der Waals surface area contributed by atoms with Crippen LogP contribution in [0.3, 0.4) is 0 Å². The van der Waals surface area contributed by atoms with Crippen LogP contribution in [-0.2, 0) is 17.6 Å². The highest BCUT2D eigenvalue weighted by Crippen LogP contribution is 2.46. The van der Waals surface area contributed by atoms with Gasteiger partial charge in [-0.2, -0.15) is 14.7 Å². The minimum absolute atomic E-state index is 0.215. The van der Waals surface area contributed by atoms with Crippen LogP contribution < -0.4 is 5.73 Å². The van der Waals surface area contributed by atoms with E-state index in [1.54, 1.807) is 0 Å². The Morgan fingerprint density at radius 3 is 2.04 bits per heavy atom. The normalized spacial score (nSPS) is 13.0. The number of carbonyl (C=O) groups excluding carboxylic acids is 1. The maximum Gasteiger partial charge on any atom is 0.478 e. The number of benzene rings is 1. The molecule has 142 valence electrons. The second-order valence-corrected chi connectivity index (χ2v) is 8.43. The summed E-state index contributed by atoms with van der Waals surface area (Å²) in [6, 6.07) is 7.97. The predicted octanol–water partition coefficient (Wildman–Crippen LogP) is 3.51. The highest BCUT2D eigenvalue weighted by Gasteiger charge is 2.42. The van der Waals surface area contributed by atoms with Crippen molar-refractivity contribution >= 4 is 13.5 Å². The topological polar surface area (TPSA) is 104 Å². The van der Waals surface area contributed by atoms with Crippen molar-refractivity contribution in [2.24, 2.45) is 5.73 Å². The lowest BCUT2D eigenvalue weighted by atomic mass is 10.0. The van der Waals surface area contributed by atoms with Crippen molar-refractivity contribution < 1.29 is 19.5 Å². The highest BCUT2D eigenvalue weighted by molar-refractivity contribution is 7.76. The molecule has 0 bridgehead atoms. The largest absolute Gasteiger partial charge is 0.478 e. The molecule has 5 nitrogen and oxygen atoms in total. The molecule has 0 saturated heterocycles. The minimum atomic E-state index is -4.40. The zero-order valence-corrected chi connectivity index (χ0v) is 16.1. The zero-order chi connectivity index (χ0) is 18.7. The Morgan fingerprint density at radius 2 is 1.48 bits per heavy atom. The first kappa shape index (κ1) is 22.2. The van der Waals surface area contributed by atoms with E-state index in [1.165, 1.54) is 44.1 Å². The first-order valence-electron chi connectivity index (χ1n) is 9.27. The summed E-state index contributed by atoms with van der Waals surface area (Å²) in [5, 5.41) is 0.